The number of pyridine rings is 1. The van der Waals surface area contributed by atoms with Gasteiger partial charge in [-0.05, 0) is 6.07 Å². The number of hydrogen-bond donors (Lipinski definition) is 0. The van der Waals surface area contributed by atoms with Crippen LogP contribution in [0.1, 0.15) is 0 Å². The summed E-state index contributed by atoms with van der Waals surface area (Å²) in [6.45, 7) is 0.927. The molecule has 0 atom stereocenters. The predicted molar refractivity (Wildman–Crippen MR) is 34.8 cm³/mol. The van der Waals surface area contributed by atoms with Crippen LogP contribution in [0.5, 0.6) is 0 Å². The van der Waals surface area contributed by atoms with Crippen LogP contribution in [-0.2, 0) is 6.54 Å². The first-order valence-corrected chi connectivity index (χ1v) is 2.98. The van der Waals surface area contributed by atoms with Crippen LogP contribution in [0, 0.1) is 0 Å². The Balaban J connectivity index is 2.63. The van der Waals surface area contributed by atoms with Gasteiger partial charge in [-0.1, -0.05) is 11.1 Å². The van der Waals surface area contributed by atoms with Crippen molar-refractivity contribution in [3.8, 4) is 0 Å². The first-order chi connectivity index (χ1) is 4.47. The Morgan fingerprint density at radius 3 is 3.33 bits per heavy atom. The summed E-state index contributed by atoms with van der Waals surface area (Å²) < 4.78 is 2.10. The Bertz CT molecular complexity index is 253. The van der Waals surface area contributed by atoms with E-state index in [4.69, 9.17) is 0 Å². The highest BCUT2D eigenvalue weighted by Crippen LogP contribution is 2.04. The quantitative estimate of drug-likeness (QED) is 0.447. The molecule has 9 heavy (non-hydrogen) atoms. The highest BCUT2D eigenvalue weighted by molar-refractivity contribution is 5.61. The number of aromatic nitrogens is 1. The summed E-state index contributed by atoms with van der Waals surface area (Å²) in [7, 11) is 0. The average molecular weight is 119 g/mol. The zero-order valence-electron chi connectivity index (χ0n) is 4.99. The van der Waals surface area contributed by atoms with Crippen molar-refractivity contribution < 1.29 is 4.57 Å². The fourth-order valence-electron chi connectivity index (χ4n) is 0.961. The van der Waals surface area contributed by atoms with Gasteiger partial charge in [0.2, 0.25) is 0 Å². The highest BCUT2D eigenvalue weighted by atomic mass is 15.1. The number of aliphatic imine (C=N–C) groups is 1. The van der Waals surface area contributed by atoms with Crippen molar-refractivity contribution in [2.24, 2.45) is 4.99 Å². The molecular weight excluding hydrogens is 112 g/mol. The van der Waals surface area contributed by atoms with Crippen molar-refractivity contribution in [2.45, 2.75) is 6.54 Å². The molecule has 0 saturated heterocycles. The largest absolute Gasteiger partial charge is 0.323 e. The molecule has 1 aliphatic rings. The lowest BCUT2D eigenvalue weighted by Crippen LogP contribution is -2.29. The molecule has 0 saturated carbocycles. The van der Waals surface area contributed by atoms with Gasteiger partial charge in [-0.2, -0.15) is 0 Å². The highest BCUT2D eigenvalue weighted by Gasteiger charge is 2.11. The number of hydrogen-bond acceptors (Lipinski definition) is 1. The van der Waals surface area contributed by atoms with Gasteiger partial charge < -0.3 is 0 Å². The van der Waals surface area contributed by atoms with Crippen molar-refractivity contribution in [1.82, 2.24) is 0 Å². The van der Waals surface area contributed by atoms with Crippen LogP contribution < -0.4 is 4.57 Å². The third-order valence-corrected chi connectivity index (χ3v) is 1.42. The SMILES string of the molecule is C1=Nc2cccc[n+]2C1. The summed E-state index contributed by atoms with van der Waals surface area (Å²) >= 11 is 0. The van der Waals surface area contributed by atoms with Gasteiger partial charge in [-0.25, -0.2) is 4.57 Å². The van der Waals surface area contributed by atoms with Crippen molar-refractivity contribution in [2.75, 3.05) is 0 Å². The van der Waals surface area contributed by atoms with E-state index in [2.05, 4.69) is 9.56 Å². The summed E-state index contributed by atoms with van der Waals surface area (Å²) in [4.78, 5) is 4.14. The summed E-state index contributed by atoms with van der Waals surface area (Å²) in [5.41, 5.74) is 0. The maximum Gasteiger partial charge on any atom is 0.323 e. The van der Waals surface area contributed by atoms with Crippen LogP contribution in [-0.4, -0.2) is 6.21 Å². The van der Waals surface area contributed by atoms with Crippen molar-refractivity contribution in [1.29, 1.82) is 0 Å². The van der Waals surface area contributed by atoms with Gasteiger partial charge >= 0.3 is 5.82 Å². The summed E-state index contributed by atoms with van der Waals surface area (Å²) in [6.07, 6.45) is 3.94. The third-order valence-electron chi connectivity index (χ3n) is 1.42. The van der Waals surface area contributed by atoms with Crippen molar-refractivity contribution in [3.05, 3.63) is 24.4 Å². The maximum atomic E-state index is 4.14. The first kappa shape index (κ1) is 4.68. The summed E-state index contributed by atoms with van der Waals surface area (Å²) in [6, 6.07) is 6.01. The minimum atomic E-state index is 0.927. The maximum absolute atomic E-state index is 4.14. The molecule has 2 nitrogen and oxygen atoms in total. The molecule has 44 valence electrons. The van der Waals surface area contributed by atoms with Gasteiger partial charge in [-0.15, -0.1) is 0 Å². The van der Waals surface area contributed by atoms with E-state index in [0.717, 1.165) is 12.4 Å². The molecule has 0 amide bonds. The van der Waals surface area contributed by atoms with E-state index in [1.54, 1.807) is 0 Å². The number of rotatable bonds is 0. The number of nitrogens with zero attached hydrogens (tertiary/aromatic N) is 2. The molecule has 2 heterocycles. The van der Waals surface area contributed by atoms with E-state index in [-0.39, 0.29) is 0 Å². The smallest absolute Gasteiger partial charge is 0.224 e. The normalized spacial score (nSPS) is 13.8. The van der Waals surface area contributed by atoms with E-state index in [1.165, 1.54) is 0 Å². The van der Waals surface area contributed by atoms with Gasteiger partial charge in [-0.3, -0.25) is 0 Å². The third kappa shape index (κ3) is 0.633. The molecule has 0 N–H and O–H groups in total. The predicted octanol–water partition coefficient (Wildman–Crippen LogP) is 0.690. The standard InChI is InChI=1S/C7H7N2/c1-2-5-9-6-4-8-7(9)3-1/h1-5H,6H2/q+1. The van der Waals surface area contributed by atoms with Crippen molar-refractivity contribution >= 4 is 12.0 Å². The molecule has 0 aliphatic carbocycles. The molecule has 2 rings (SSSR count). The minimum absolute atomic E-state index is 0.927. The zero-order valence-corrected chi connectivity index (χ0v) is 4.99. The fourth-order valence-corrected chi connectivity index (χ4v) is 0.961. The molecule has 0 unspecified atom stereocenters. The lowest BCUT2D eigenvalue weighted by molar-refractivity contribution is -0.663. The van der Waals surface area contributed by atoms with Crippen LogP contribution in [0.15, 0.2) is 29.4 Å². The molecule has 1 aromatic heterocycles. The number of fused-ring (bicyclic) bond motifs is 1. The van der Waals surface area contributed by atoms with E-state index in [9.17, 15) is 0 Å². The fraction of sp³-hybridized carbons (Fsp3) is 0.143. The van der Waals surface area contributed by atoms with E-state index in [1.807, 2.05) is 30.6 Å². The summed E-state index contributed by atoms with van der Waals surface area (Å²) in [5.74, 6) is 1.05. The molecule has 0 fully saturated rings. The second kappa shape index (κ2) is 1.65. The monoisotopic (exact) mass is 119 g/mol. The Morgan fingerprint density at radius 2 is 2.44 bits per heavy atom. The van der Waals surface area contributed by atoms with Gasteiger partial charge in [0.05, 0.1) is 6.20 Å². The van der Waals surface area contributed by atoms with Crippen LogP contribution in [0.25, 0.3) is 0 Å². The Kier molecular flexibility index (Phi) is 0.859. The van der Waals surface area contributed by atoms with E-state index < -0.39 is 0 Å². The lowest BCUT2D eigenvalue weighted by atomic mass is 10.4. The molecule has 0 bridgehead atoms. The van der Waals surface area contributed by atoms with Gasteiger partial charge in [0, 0.05) is 6.07 Å². The van der Waals surface area contributed by atoms with Gasteiger partial charge in [0.15, 0.2) is 6.21 Å². The molecule has 1 aromatic rings. The van der Waals surface area contributed by atoms with E-state index in [0.29, 0.717) is 0 Å². The van der Waals surface area contributed by atoms with Gasteiger partial charge in [0.25, 0.3) is 0 Å². The zero-order chi connectivity index (χ0) is 6.10. The summed E-state index contributed by atoms with van der Waals surface area (Å²) in [5, 5.41) is 0. The second-order valence-corrected chi connectivity index (χ2v) is 2.02. The molecular formula is C7H7N2+. The van der Waals surface area contributed by atoms with Crippen LogP contribution in [0.4, 0.5) is 5.82 Å². The average Bonchev–Trinajstić information content (AvgIpc) is 2.33. The molecule has 0 spiro atoms. The lowest BCUT2D eigenvalue weighted by Gasteiger charge is -1.87. The Morgan fingerprint density at radius 1 is 1.44 bits per heavy atom. The molecule has 0 radical (unpaired) electrons. The van der Waals surface area contributed by atoms with E-state index >= 15 is 0 Å². The minimum Gasteiger partial charge on any atom is -0.224 e. The van der Waals surface area contributed by atoms with Crippen LogP contribution in [0.3, 0.4) is 0 Å². The van der Waals surface area contributed by atoms with Crippen LogP contribution >= 0.6 is 0 Å². The molecule has 2 heteroatoms. The first-order valence-electron chi connectivity index (χ1n) is 2.98. The Labute approximate surface area is 53.5 Å². The second-order valence-electron chi connectivity index (χ2n) is 2.02. The Hall–Kier alpha value is -1.18. The van der Waals surface area contributed by atoms with Crippen LogP contribution in [0.2, 0.25) is 0 Å². The molecule has 1 aliphatic heterocycles. The van der Waals surface area contributed by atoms with Crippen molar-refractivity contribution in [3.63, 3.8) is 0 Å². The van der Waals surface area contributed by atoms with Gasteiger partial charge in [0.1, 0.15) is 6.54 Å². The topological polar surface area (TPSA) is 16.2 Å². The molecule has 0 aromatic carbocycles.